The van der Waals surface area contributed by atoms with Gasteiger partial charge in [-0.25, -0.2) is 13.1 Å². The lowest BCUT2D eigenvalue weighted by Gasteiger charge is -2.08. The predicted molar refractivity (Wildman–Crippen MR) is 69.4 cm³/mol. The zero-order chi connectivity index (χ0) is 14.6. The van der Waals surface area contributed by atoms with Gasteiger partial charge >= 0.3 is 5.97 Å². The number of aliphatic carboxylic acids is 1. The van der Waals surface area contributed by atoms with Crippen LogP contribution < -0.4 is 4.72 Å². The molecule has 9 heteroatoms. The molecule has 1 rings (SSSR count). The van der Waals surface area contributed by atoms with Crippen LogP contribution in [0.1, 0.15) is 19.8 Å². The number of hydrogen-bond donors (Lipinski definition) is 2. The molecule has 2 N–H and O–H groups in total. The molecule has 0 fully saturated rings. The molecule has 1 aromatic rings. The van der Waals surface area contributed by atoms with Gasteiger partial charge in [-0.05, 0) is 12.8 Å². The Balaban J connectivity index is 2.56. The number of nitrogens with one attached hydrogen (secondary N) is 1. The van der Waals surface area contributed by atoms with E-state index in [4.69, 9.17) is 16.7 Å². The molecule has 0 bridgehead atoms. The van der Waals surface area contributed by atoms with Crippen LogP contribution >= 0.6 is 11.6 Å². The zero-order valence-electron chi connectivity index (χ0n) is 10.6. The molecule has 0 saturated carbocycles. The molecular weight excluding hydrogens is 294 g/mol. The SMILES string of the molecule is CC(CCCNS(=O)(=O)c1c(Cl)cnn1C)C(=O)O. The van der Waals surface area contributed by atoms with E-state index in [0.717, 1.165) is 0 Å². The van der Waals surface area contributed by atoms with Crippen LogP contribution in [-0.2, 0) is 21.9 Å². The second-order valence-electron chi connectivity index (χ2n) is 4.20. The maximum Gasteiger partial charge on any atom is 0.306 e. The number of carboxylic acid groups (broad SMARTS) is 1. The number of rotatable bonds is 7. The highest BCUT2D eigenvalue weighted by molar-refractivity contribution is 7.89. The highest BCUT2D eigenvalue weighted by Crippen LogP contribution is 2.19. The molecule has 0 aliphatic rings. The van der Waals surface area contributed by atoms with Crippen molar-refractivity contribution in [1.29, 1.82) is 0 Å². The highest BCUT2D eigenvalue weighted by Gasteiger charge is 2.22. The van der Waals surface area contributed by atoms with Gasteiger partial charge in [0.1, 0.15) is 0 Å². The molecule has 108 valence electrons. The van der Waals surface area contributed by atoms with Crippen molar-refractivity contribution in [3.05, 3.63) is 11.2 Å². The Morgan fingerprint density at radius 3 is 2.74 bits per heavy atom. The van der Waals surface area contributed by atoms with Crippen LogP contribution in [0, 0.1) is 5.92 Å². The summed E-state index contributed by atoms with van der Waals surface area (Å²) in [5.74, 6) is -1.39. The summed E-state index contributed by atoms with van der Waals surface area (Å²) >= 11 is 5.75. The lowest BCUT2D eigenvalue weighted by Crippen LogP contribution is -2.27. The van der Waals surface area contributed by atoms with E-state index in [1.165, 1.54) is 17.9 Å². The maximum absolute atomic E-state index is 11.9. The molecule has 1 heterocycles. The van der Waals surface area contributed by atoms with Crippen molar-refractivity contribution >= 4 is 27.6 Å². The summed E-state index contributed by atoms with van der Waals surface area (Å²) in [4.78, 5) is 10.6. The molecule has 7 nitrogen and oxygen atoms in total. The quantitative estimate of drug-likeness (QED) is 0.727. The predicted octanol–water partition coefficient (Wildman–Crippen LogP) is 0.853. The summed E-state index contributed by atoms with van der Waals surface area (Å²) in [6, 6.07) is 0. The Kier molecular flexibility index (Phi) is 5.33. The van der Waals surface area contributed by atoms with Crippen LogP contribution in [-0.4, -0.2) is 35.8 Å². The third-order valence-electron chi connectivity index (χ3n) is 2.62. The summed E-state index contributed by atoms with van der Waals surface area (Å²) in [5.41, 5.74) is 0. The van der Waals surface area contributed by atoms with Gasteiger partial charge in [0.05, 0.1) is 17.1 Å². The Labute approximate surface area is 116 Å². The fourth-order valence-electron chi connectivity index (χ4n) is 1.51. The molecule has 1 atom stereocenters. The molecule has 1 aromatic heterocycles. The first kappa shape index (κ1) is 15.9. The maximum atomic E-state index is 11.9. The number of aromatic nitrogens is 2. The van der Waals surface area contributed by atoms with E-state index in [-0.39, 0.29) is 16.6 Å². The highest BCUT2D eigenvalue weighted by atomic mass is 35.5. The molecule has 0 radical (unpaired) electrons. The smallest absolute Gasteiger partial charge is 0.306 e. The number of carboxylic acids is 1. The van der Waals surface area contributed by atoms with Gasteiger partial charge in [0.15, 0.2) is 5.03 Å². The number of halogens is 1. The Hall–Kier alpha value is -1.12. The minimum Gasteiger partial charge on any atom is -0.481 e. The minimum absolute atomic E-state index is 0.0499. The lowest BCUT2D eigenvalue weighted by molar-refractivity contribution is -0.141. The first-order valence-corrected chi connectivity index (χ1v) is 7.51. The zero-order valence-corrected chi connectivity index (χ0v) is 12.2. The average Bonchev–Trinajstić information content (AvgIpc) is 2.64. The van der Waals surface area contributed by atoms with Crippen LogP contribution in [0.2, 0.25) is 5.02 Å². The van der Waals surface area contributed by atoms with E-state index >= 15 is 0 Å². The molecular formula is C10H16ClN3O4S. The average molecular weight is 310 g/mol. The molecule has 1 unspecified atom stereocenters. The standard InChI is InChI=1S/C10H16ClN3O4S/c1-7(10(15)16)4-3-5-13-19(17,18)9-8(11)6-12-14(9)2/h6-7,13H,3-5H2,1-2H3,(H,15,16). The normalized spacial score (nSPS) is 13.4. The lowest BCUT2D eigenvalue weighted by atomic mass is 10.1. The van der Waals surface area contributed by atoms with Gasteiger partial charge in [0, 0.05) is 13.6 Å². The van der Waals surface area contributed by atoms with Gasteiger partial charge < -0.3 is 5.11 Å². The molecule has 0 spiro atoms. The third-order valence-corrected chi connectivity index (χ3v) is 4.59. The Morgan fingerprint density at radius 2 is 2.26 bits per heavy atom. The van der Waals surface area contributed by atoms with Crippen molar-refractivity contribution in [1.82, 2.24) is 14.5 Å². The van der Waals surface area contributed by atoms with Crippen LogP contribution in [0.25, 0.3) is 0 Å². The Morgan fingerprint density at radius 1 is 1.63 bits per heavy atom. The van der Waals surface area contributed by atoms with Gasteiger partial charge in [-0.1, -0.05) is 18.5 Å². The van der Waals surface area contributed by atoms with Crippen LogP contribution in [0.4, 0.5) is 0 Å². The summed E-state index contributed by atoms with van der Waals surface area (Å²) < 4.78 is 27.4. The van der Waals surface area contributed by atoms with E-state index < -0.39 is 21.9 Å². The first-order valence-electron chi connectivity index (χ1n) is 5.65. The van der Waals surface area contributed by atoms with E-state index in [9.17, 15) is 13.2 Å². The van der Waals surface area contributed by atoms with Crippen molar-refractivity contribution in [2.75, 3.05) is 6.54 Å². The van der Waals surface area contributed by atoms with Gasteiger partial charge in [-0.3, -0.25) is 9.48 Å². The fourth-order valence-corrected chi connectivity index (χ4v) is 3.23. The van der Waals surface area contributed by atoms with E-state index in [0.29, 0.717) is 12.8 Å². The van der Waals surface area contributed by atoms with Crippen LogP contribution in [0.3, 0.4) is 0 Å². The second kappa shape index (κ2) is 6.36. The topological polar surface area (TPSA) is 101 Å². The van der Waals surface area contributed by atoms with Crippen molar-refractivity contribution in [2.24, 2.45) is 13.0 Å². The number of nitrogens with zero attached hydrogens (tertiary/aromatic N) is 2. The van der Waals surface area contributed by atoms with Gasteiger partial charge in [0.2, 0.25) is 0 Å². The first-order chi connectivity index (χ1) is 8.75. The minimum atomic E-state index is -3.73. The Bertz CT molecular complexity index is 536. The van der Waals surface area contributed by atoms with Crippen LogP contribution in [0.15, 0.2) is 11.2 Å². The van der Waals surface area contributed by atoms with Gasteiger partial charge in [-0.15, -0.1) is 0 Å². The van der Waals surface area contributed by atoms with Crippen molar-refractivity contribution in [3.8, 4) is 0 Å². The summed E-state index contributed by atoms with van der Waals surface area (Å²) in [6.07, 6.45) is 2.09. The summed E-state index contributed by atoms with van der Waals surface area (Å²) in [7, 11) is -2.25. The number of carbonyl (C=O) groups is 1. The monoisotopic (exact) mass is 309 g/mol. The van der Waals surface area contributed by atoms with Crippen molar-refractivity contribution in [2.45, 2.75) is 24.8 Å². The second-order valence-corrected chi connectivity index (χ2v) is 6.29. The van der Waals surface area contributed by atoms with Crippen LogP contribution in [0.5, 0.6) is 0 Å². The van der Waals surface area contributed by atoms with Gasteiger partial charge in [0.25, 0.3) is 10.0 Å². The molecule has 0 aliphatic carbocycles. The van der Waals surface area contributed by atoms with E-state index in [1.54, 1.807) is 6.92 Å². The molecule has 0 aromatic carbocycles. The number of hydrogen-bond acceptors (Lipinski definition) is 4. The largest absolute Gasteiger partial charge is 0.481 e. The van der Waals surface area contributed by atoms with Crippen molar-refractivity contribution in [3.63, 3.8) is 0 Å². The molecule has 0 aliphatic heterocycles. The number of aryl methyl sites for hydroxylation is 1. The fraction of sp³-hybridized carbons (Fsp3) is 0.600. The summed E-state index contributed by atoms with van der Waals surface area (Å²) in [6.45, 7) is 1.73. The van der Waals surface area contributed by atoms with E-state index in [1.807, 2.05) is 0 Å². The number of sulfonamides is 1. The van der Waals surface area contributed by atoms with Gasteiger partial charge in [-0.2, -0.15) is 5.10 Å². The third kappa shape index (κ3) is 4.19. The molecule has 19 heavy (non-hydrogen) atoms. The summed E-state index contributed by atoms with van der Waals surface area (Å²) in [5, 5.41) is 12.4. The molecule has 0 saturated heterocycles. The molecule has 0 amide bonds. The van der Waals surface area contributed by atoms with E-state index in [2.05, 4.69) is 9.82 Å². The van der Waals surface area contributed by atoms with Crippen molar-refractivity contribution < 1.29 is 18.3 Å².